The Balaban J connectivity index is 1.40. The molecule has 2 aliphatic rings. The molecule has 5 atom stereocenters. The summed E-state index contributed by atoms with van der Waals surface area (Å²) in [7, 11) is 0. The molecule has 5 rings (SSSR count). The first-order valence-corrected chi connectivity index (χ1v) is 11.3. The molecule has 3 aromatic rings. The van der Waals surface area contributed by atoms with E-state index in [0.717, 1.165) is 16.7 Å². The molecule has 0 saturated carbocycles. The maximum Gasteiger partial charge on any atom is 0.338 e. The predicted molar refractivity (Wildman–Crippen MR) is 125 cm³/mol. The van der Waals surface area contributed by atoms with Gasteiger partial charge in [0.05, 0.1) is 11.7 Å². The van der Waals surface area contributed by atoms with Gasteiger partial charge in [0, 0.05) is 0 Å². The molecule has 0 amide bonds. The Morgan fingerprint density at radius 3 is 2.06 bits per heavy atom. The molecule has 2 heterocycles. The molecule has 3 aromatic carbocycles. The minimum atomic E-state index is -0.704. The summed E-state index contributed by atoms with van der Waals surface area (Å²) in [5.41, 5.74) is 3.49. The van der Waals surface area contributed by atoms with Gasteiger partial charge in [-0.3, -0.25) is 0 Å². The Labute approximate surface area is 194 Å². The Bertz CT molecular complexity index is 1090. The van der Waals surface area contributed by atoms with Crippen LogP contribution in [0.25, 0.3) is 11.1 Å². The quantitative estimate of drug-likeness (QED) is 0.482. The predicted octanol–water partition coefficient (Wildman–Crippen LogP) is 5.56. The van der Waals surface area contributed by atoms with Crippen molar-refractivity contribution in [2.45, 2.75) is 57.1 Å². The van der Waals surface area contributed by atoms with Crippen LogP contribution in [-0.4, -0.2) is 36.2 Å². The number of benzene rings is 3. The summed E-state index contributed by atoms with van der Waals surface area (Å²) >= 11 is 0. The van der Waals surface area contributed by atoms with E-state index in [4.69, 9.17) is 18.9 Å². The van der Waals surface area contributed by atoms with Crippen LogP contribution in [0.2, 0.25) is 0 Å². The Kier molecular flexibility index (Phi) is 5.79. The van der Waals surface area contributed by atoms with Crippen LogP contribution in [0, 0.1) is 0 Å². The molecule has 170 valence electrons. The maximum atomic E-state index is 13.2. The summed E-state index contributed by atoms with van der Waals surface area (Å²) < 4.78 is 24.5. The summed E-state index contributed by atoms with van der Waals surface area (Å²) in [6.07, 6.45) is -1.80. The third-order valence-corrected chi connectivity index (χ3v) is 6.21. The summed E-state index contributed by atoms with van der Waals surface area (Å²) in [4.78, 5) is 13.2. The molecular weight excluding hydrogens is 416 g/mol. The molecule has 5 heteroatoms. The average molecular weight is 445 g/mol. The van der Waals surface area contributed by atoms with E-state index in [1.165, 1.54) is 0 Å². The monoisotopic (exact) mass is 444 g/mol. The van der Waals surface area contributed by atoms with Crippen LogP contribution in [0.1, 0.15) is 42.8 Å². The van der Waals surface area contributed by atoms with Crippen LogP contribution in [0.5, 0.6) is 0 Å². The molecule has 2 saturated heterocycles. The Morgan fingerprint density at radius 2 is 1.39 bits per heavy atom. The number of esters is 1. The van der Waals surface area contributed by atoms with Crippen molar-refractivity contribution in [3.05, 3.63) is 96.1 Å². The van der Waals surface area contributed by atoms with E-state index in [-0.39, 0.29) is 18.3 Å². The second kappa shape index (κ2) is 8.75. The Morgan fingerprint density at radius 1 is 0.818 bits per heavy atom. The van der Waals surface area contributed by atoms with Gasteiger partial charge in [-0.05, 0) is 49.6 Å². The van der Waals surface area contributed by atoms with Crippen molar-refractivity contribution in [2.75, 3.05) is 0 Å². The number of fused-ring (bicyclic) bond motifs is 1. The lowest BCUT2D eigenvalue weighted by Gasteiger charge is -2.29. The molecule has 5 nitrogen and oxygen atoms in total. The van der Waals surface area contributed by atoms with Crippen LogP contribution in [0.4, 0.5) is 0 Å². The number of carbonyl (C=O) groups excluding carboxylic acids is 1. The van der Waals surface area contributed by atoms with Gasteiger partial charge < -0.3 is 18.9 Å². The molecule has 2 aliphatic heterocycles. The summed E-state index contributed by atoms with van der Waals surface area (Å²) in [6.45, 7) is 5.76. The lowest BCUT2D eigenvalue weighted by Crippen LogP contribution is -2.36. The normalized spacial score (nSPS) is 26.5. The second-order valence-electron chi connectivity index (χ2n) is 9.05. The van der Waals surface area contributed by atoms with Crippen LogP contribution in [0.15, 0.2) is 84.9 Å². The highest BCUT2D eigenvalue weighted by Gasteiger charge is 2.56. The van der Waals surface area contributed by atoms with E-state index >= 15 is 0 Å². The fraction of sp³-hybridized carbons (Fsp3) is 0.321. The largest absolute Gasteiger partial charge is 0.451 e. The number of rotatable bonds is 5. The second-order valence-corrected chi connectivity index (χ2v) is 9.05. The zero-order valence-corrected chi connectivity index (χ0v) is 19.0. The minimum Gasteiger partial charge on any atom is -0.451 e. The van der Waals surface area contributed by atoms with E-state index in [1.807, 2.05) is 93.6 Å². The molecule has 0 aromatic heterocycles. The molecule has 0 bridgehead atoms. The van der Waals surface area contributed by atoms with Crippen LogP contribution < -0.4 is 0 Å². The van der Waals surface area contributed by atoms with Crippen molar-refractivity contribution >= 4 is 5.97 Å². The van der Waals surface area contributed by atoms with E-state index in [9.17, 15) is 4.79 Å². The first kappa shape index (κ1) is 21.8. The van der Waals surface area contributed by atoms with Crippen molar-refractivity contribution in [2.24, 2.45) is 0 Å². The Hall–Kier alpha value is -2.99. The van der Waals surface area contributed by atoms with Gasteiger partial charge in [0.2, 0.25) is 0 Å². The molecule has 0 aliphatic carbocycles. The minimum absolute atomic E-state index is 0.170. The highest BCUT2D eigenvalue weighted by Crippen LogP contribution is 2.43. The van der Waals surface area contributed by atoms with Gasteiger partial charge in [0.1, 0.15) is 18.3 Å². The number of hydrogen-bond acceptors (Lipinski definition) is 5. The first-order valence-electron chi connectivity index (χ1n) is 11.3. The lowest BCUT2D eigenvalue weighted by atomic mass is 9.98. The van der Waals surface area contributed by atoms with Crippen LogP contribution in [-0.2, 0) is 18.9 Å². The van der Waals surface area contributed by atoms with Gasteiger partial charge >= 0.3 is 5.97 Å². The smallest absolute Gasteiger partial charge is 0.338 e. The highest BCUT2D eigenvalue weighted by molar-refractivity contribution is 5.90. The molecular formula is C28H28O5. The van der Waals surface area contributed by atoms with Gasteiger partial charge in [0.15, 0.2) is 11.9 Å². The molecule has 0 radical (unpaired) electrons. The van der Waals surface area contributed by atoms with E-state index in [1.54, 1.807) is 12.1 Å². The zero-order valence-electron chi connectivity index (χ0n) is 19.0. The standard InChI is InChI=1S/C28H28O5/c1-18-23-26(33-28(2,3)32-23)25(30-18)24(21-12-8-5-9-13-21)31-27(29)22-16-14-20(15-17-22)19-10-6-4-7-11-19/h4-18,23-26H,1-3H3/t18-,23+,24-,25-,26+/m1/s1. The molecule has 0 spiro atoms. The van der Waals surface area contributed by atoms with Gasteiger partial charge in [-0.1, -0.05) is 72.8 Å². The average Bonchev–Trinajstić information content (AvgIpc) is 3.31. The van der Waals surface area contributed by atoms with Gasteiger partial charge in [-0.15, -0.1) is 0 Å². The number of ether oxygens (including phenoxy) is 4. The fourth-order valence-electron chi connectivity index (χ4n) is 4.66. The SMILES string of the molecule is C[C@H]1O[C@H]([C@H](OC(=O)c2ccc(-c3ccccc3)cc2)c2ccccc2)[C@H]2OC(C)(C)O[C@H]21. The topological polar surface area (TPSA) is 54.0 Å². The zero-order chi connectivity index (χ0) is 23.0. The summed E-state index contributed by atoms with van der Waals surface area (Å²) in [5.74, 6) is -1.11. The maximum absolute atomic E-state index is 13.2. The van der Waals surface area contributed by atoms with Crippen LogP contribution >= 0.6 is 0 Å². The van der Waals surface area contributed by atoms with Crippen molar-refractivity contribution in [1.82, 2.24) is 0 Å². The summed E-state index contributed by atoms with van der Waals surface area (Å²) in [5, 5.41) is 0. The molecule has 0 N–H and O–H groups in total. The molecule has 0 unspecified atom stereocenters. The van der Waals surface area contributed by atoms with E-state index in [0.29, 0.717) is 5.56 Å². The fourth-order valence-corrected chi connectivity index (χ4v) is 4.66. The van der Waals surface area contributed by atoms with Crippen LogP contribution in [0.3, 0.4) is 0 Å². The van der Waals surface area contributed by atoms with Gasteiger partial charge in [-0.25, -0.2) is 4.79 Å². The molecule has 2 fully saturated rings. The van der Waals surface area contributed by atoms with Crippen molar-refractivity contribution in [3.8, 4) is 11.1 Å². The first-order chi connectivity index (χ1) is 15.9. The highest BCUT2D eigenvalue weighted by atomic mass is 16.8. The van der Waals surface area contributed by atoms with Gasteiger partial charge in [-0.2, -0.15) is 0 Å². The summed E-state index contributed by atoms with van der Waals surface area (Å²) in [6, 6.07) is 27.2. The van der Waals surface area contributed by atoms with Crippen molar-refractivity contribution in [3.63, 3.8) is 0 Å². The lowest BCUT2D eigenvalue weighted by molar-refractivity contribution is -0.195. The third-order valence-electron chi connectivity index (χ3n) is 6.21. The number of hydrogen-bond donors (Lipinski definition) is 0. The van der Waals surface area contributed by atoms with E-state index in [2.05, 4.69) is 0 Å². The van der Waals surface area contributed by atoms with Crippen molar-refractivity contribution < 1.29 is 23.7 Å². The van der Waals surface area contributed by atoms with E-state index < -0.39 is 24.0 Å². The van der Waals surface area contributed by atoms with Gasteiger partial charge in [0.25, 0.3) is 0 Å². The van der Waals surface area contributed by atoms with Crippen molar-refractivity contribution in [1.29, 1.82) is 0 Å². The molecule has 33 heavy (non-hydrogen) atoms. The third kappa shape index (κ3) is 4.44. The number of carbonyl (C=O) groups is 1.